The van der Waals surface area contributed by atoms with Gasteiger partial charge in [-0.05, 0) is 19.1 Å². The molecule has 0 aliphatic heterocycles. The van der Waals surface area contributed by atoms with Gasteiger partial charge in [-0.2, -0.15) is 0 Å². The predicted octanol–water partition coefficient (Wildman–Crippen LogP) is 2.48. The summed E-state index contributed by atoms with van der Waals surface area (Å²) in [6.45, 7) is 4.54. The van der Waals surface area contributed by atoms with Gasteiger partial charge in [0.15, 0.2) is 0 Å². The highest BCUT2D eigenvalue weighted by molar-refractivity contribution is 5.93. The molecule has 0 aliphatic rings. The molecule has 0 saturated heterocycles. The Bertz CT molecular complexity index is 782. The maximum atomic E-state index is 11.3. The molecule has 1 aromatic rings. The van der Waals surface area contributed by atoms with Crippen LogP contribution < -0.4 is 0 Å². The van der Waals surface area contributed by atoms with Gasteiger partial charge in [0.25, 0.3) is 11.4 Å². The number of carboxylic acids is 1. The van der Waals surface area contributed by atoms with Gasteiger partial charge in [-0.15, -0.1) is 0 Å². The van der Waals surface area contributed by atoms with Crippen LogP contribution in [0.4, 0.5) is 11.4 Å². The molecule has 1 aromatic carbocycles. The van der Waals surface area contributed by atoms with Gasteiger partial charge in [-0.3, -0.25) is 20.2 Å². The third-order valence-corrected chi connectivity index (χ3v) is 2.98. The Morgan fingerprint density at radius 3 is 2.40 bits per heavy atom. The Hall–Kier alpha value is -3.56. The molecule has 10 heteroatoms. The van der Waals surface area contributed by atoms with E-state index in [1.54, 1.807) is 0 Å². The van der Waals surface area contributed by atoms with E-state index in [1.165, 1.54) is 6.92 Å². The van der Waals surface area contributed by atoms with Crippen LogP contribution in [0.25, 0.3) is 6.08 Å². The van der Waals surface area contributed by atoms with E-state index >= 15 is 0 Å². The number of hydrogen-bond acceptors (Lipinski definition) is 7. The predicted molar refractivity (Wildman–Crippen MR) is 85.8 cm³/mol. The topological polar surface area (TPSA) is 150 Å². The molecule has 10 nitrogen and oxygen atoms in total. The van der Waals surface area contributed by atoms with Gasteiger partial charge < -0.3 is 9.84 Å². The van der Waals surface area contributed by atoms with Crippen molar-refractivity contribution < 1.29 is 29.3 Å². The lowest BCUT2D eigenvalue weighted by Gasteiger charge is -2.06. The largest absolute Gasteiger partial charge is 0.478 e. The molecule has 0 aliphatic carbocycles. The van der Waals surface area contributed by atoms with Crippen LogP contribution in [0.1, 0.15) is 18.9 Å². The molecule has 0 bridgehead atoms. The highest BCUT2D eigenvalue weighted by Crippen LogP contribution is 2.27. The summed E-state index contributed by atoms with van der Waals surface area (Å²) >= 11 is 0. The second-order valence-corrected chi connectivity index (χ2v) is 4.90. The van der Waals surface area contributed by atoms with Crippen LogP contribution in [-0.2, 0) is 14.3 Å². The normalized spacial score (nSPS) is 10.8. The van der Waals surface area contributed by atoms with Gasteiger partial charge in [0, 0.05) is 23.6 Å². The van der Waals surface area contributed by atoms with Crippen LogP contribution in [0, 0.1) is 20.2 Å². The van der Waals surface area contributed by atoms with Crippen LogP contribution >= 0.6 is 0 Å². The molecular weight excluding hydrogens is 336 g/mol. The first-order valence-corrected chi connectivity index (χ1v) is 6.82. The summed E-state index contributed by atoms with van der Waals surface area (Å²) in [6, 6.07) is 2.85. The maximum Gasteiger partial charge on any atom is 0.333 e. The van der Waals surface area contributed by atoms with Crippen LogP contribution in [-0.4, -0.2) is 33.5 Å². The Balaban J connectivity index is 3.11. The molecule has 0 amide bonds. The van der Waals surface area contributed by atoms with Crippen LogP contribution in [0.5, 0.6) is 0 Å². The fourth-order valence-electron chi connectivity index (χ4n) is 1.73. The Labute approximate surface area is 141 Å². The molecule has 0 heterocycles. The molecule has 0 aromatic heterocycles. The summed E-state index contributed by atoms with van der Waals surface area (Å²) in [7, 11) is 0. The number of nitro benzene ring substituents is 2. The molecule has 1 N–H and O–H groups in total. The van der Waals surface area contributed by atoms with Gasteiger partial charge in [-0.25, -0.2) is 9.59 Å². The second kappa shape index (κ2) is 8.34. The third kappa shape index (κ3) is 5.53. The maximum absolute atomic E-state index is 11.3. The van der Waals surface area contributed by atoms with Crippen LogP contribution in [0.2, 0.25) is 0 Å². The molecular formula is C15H14N2O8. The summed E-state index contributed by atoms with van der Waals surface area (Å²) in [6.07, 6.45) is 0.807. The quantitative estimate of drug-likeness (QED) is 0.325. The van der Waals surface area contributed by atoms with Gasteiger partial charge in [0.05, 0.1) is 28.1 Å². The number of carboxylic acid groups (broad SMARTS) is 1. The average Bonchev–Trinajstić information content (AvgIpc) is 2.53. The molecule has 1 rings (SSSR count). The summed E-state index contributed by atoms with van der Waals surface area (Å²) in [5, 5.41) is 30.9. The van der Waals surface area contributed by atoms with E-state index < -0.39 is 33.2 Å². The number of ether oxygens (including phenoxy) is 1. The van der Waals surface area contributed by atoms with Crippen molar-refractivity contribution in [3.8, 4) is 0 Å². The Kier molecular flexibility index (Phi) is 6.50. The number of carbonyl (C=O) groups excluding carboxylic acids is 1. The van der Waals surface area contributed by atoms with Crippen molar-refractivity contribution in [1.82, 2.24) is 0 Å². The molecule has 0 atom stereocenters. The van der Waals surface area contributed by atoms with Crippen molar-refractivity contribution >= 4 is 29.4 Å². The lowest BCUT2D eigenvalue weighted by Crippen LogP contribution is -2.10. The number of hydrogen-bond donors (Lipinski definition) is 1. The van der Waals surface area contributed by atoms with Crippen LogP contribution in [0.15, 0.2) is 35.9 Å². The van der Waals surface area contributed by atoms with E-state index in [2.05, 4.69) is 6.58 Å². The summed E-state index contributed by atoms with van der Waals surface area (Å²) in [5.41, 5.74) is -1.32. The van der Waals surface area contributed by atoms with Crippen molar-refractivity contribution in [2.24, 2.45) is 0 Å². The molecule has 0 unspecified atom stereocenters. The van der Waals surface area contributed by atoms with E-state index in [4.69, 9.17) is 4.74 Å². The zero-order chi connectivity index (χ0) is 19.1. The smallest absolute Gasteiger partial charge is 0.333 e. The van der Waals surface area contributed by atoms with Crippen LogP contribution in [0.3, 0.4) is 0 Å². The van der Waals surface area contributed by atoms with E-state index in [-0.39, 0.29) is 29.7 Å². The minimum Gasteiger partial charge on any atom is -0.478 e. The molecule has 132 valence electrons. The van der Waals surface area contributed by atoms with E-state index in [0.29, 0.717) is 0 Å². The SMILES string of the molecule is C=C(C)C(=O)OCCC(=Cc1ccc([N+](=O)[O-])cc1[N+](=O)[O-])C(=O)O. The average molecular weight is 350 g/mol. The second-order valence-electron chi connectivity index (χ2n) is 4.90. The number of rotatable bonds is 8. The summed E-state index contributed by atoms with van der Waals surface area (Å²) < 4.78 is 4.78. The van der Waals surface area contributed by atoms with Crippen molar-refractivity contribution in [1.29, 1.82) is 0 Å². The molecule has 25 heavy (non-hydrogen) atoms. The number of aliphatic carboxylic acids is 1. The Morgan fingerprint density at radius 1 is 1.28 bits per heavy atom. The molecule has 0 saturated carbocycles. The van der Waals surface area contributed by atoms with E-state index in [0.717, 1.165) is 24.3 Å². The molecule has 0 radical (unpaired) electrons. The number of benzene rings is 1. The highest BCUT2D eigenvalue weighted by atomic mass is 16.6. The number of nitrogens with zero attached hydrogens (tertiary/aromatic N) is 2. The van der Waals surface area contributed by atoms with Crippen molar-refractivity contribution in [3.05, 3.63) is 61.7 Å². The highest BCUT2D eigenvalue weighted by Gasteiger charge is 2.20. The lowest BCUT2D eigenvalue weighted by atomic mass is 10.1. The summed E-state index contributed by atoms with van der Waals surface area (Å²) in [4.78, 5) is 42.6. The Morgan fingerprint density at radius 2 is 1.92 bits per heavy atom. The van der Waals surface area contributed by atoms with Gasteiger partial charge in [-0.1, -0.05) is 6.58 Å². The molecule has 0 fully saturated rings. The fourth-order valence-corrected chi connectivity index (χ4v) is 1.73. The zero-order valence-corrected chi connectivity index (χ0v) is 13.1. The number of carbonyl (C=O) groups is 2. The van der Waals surface area contributed by atoms with Gasteiger partial charge in [0.2, 0.25) is 0 Å². The minimum absolute atomic E-state index is 0.112. The first-order valence-electron chi connectivity index (χ1n) is 6.82. The van der Waals surface area contributed by atoms with Crippen molar-refractivity contribution in [2.75, 3.05) is 6.61 Å². The van der Waals surface area contributed by atoms with E-state index in [1.807, 2.05) is 0 Å². The van der Waals surface area contributed by atoms with E-state index in [9.17, 15) is 34.9 Å². The number of esters is 1. The molecule has 0 spiro atoms. The lowest BCUT2D eigenvalue weighted by molar-refractivity contribution is -0.394. The number of nitro groups is 2. The fraction of sp³-hybridized carbons (Fsp3) is 0.200. The third-order valence-electron chi connectivity index (χ3n) is 2.98. The first kappa shape index (κ1) is 19.5. The monoisotopic (exact) mass is 350 g/mol. The minimum atomic E-state index is -1.36. The summed E-state index contributed by atoms with van der Waals surface area (Å²) in [5.74, 6) is -2.05. The van der Waals surface area contributed by atoms with Gasteiger partial charge in [0.1, 0.15) is 0 Å². The van der Waals surface area contributed by atoms with Crippen molar-refractivity contribution in [2.45, 2.75) is 13.3 Å². The van der Waals surface area contributed by atoms with Gasteiger partial charge >= 0.3 is 11.9 Å². The standard InChI is InChI=1S/C15H14N2O8/c1-9(2)15(20)25-6-5-11(14(18)19)7-10-3-4-12(16(21)22)8-13(10)17(23)24/h3-4,7-8H,1,5-6H2,2H3,(H,18,19). The first-order chi connectivity index (χ1) is 11.6. The number of non-ortho nitro benzene ring substituents is 1. The van der Waals surface area contributed by atoms with Crippen molar-refractivity contribution in [3.63, 3.8) is 0 Å². The zero-order valence-electron chi connectivity index (χ0n) is 13.1.